The number of pyridine rings is 1. The van der Waals surface area contributed by atoms with Gasteiger partial charge in [0.05, 0.1) is 31.5 Å². The van der Waals surface area contributed by atoms with Gasteiger partial charge in [0.15, 0.2) is 5.65 Å². The average molecular weight is 499 g/mol. The van der Waals surface area contributed by atoms with E-state index >= 15 is 0 Å². The number of piperazine rings is 1. The highest BCUT2D eigenvalue weighted by atomic mass is 16.5. The van der Waals surface area contributed by atoms with Crippen molar-refractivity contribution in [2.45, 2.75) is 32.5 Å². The van der Waals surface area contributed by atoms with Crippen molar-refractivity contribution in [3.05, 3.63) is 66.4 Å². The maximum Gasteiger partial charge on any atom is 0.316 e. The summed E-state index contributed by atoms with van der Waals surface area (Å²) in [4.78, 5) is 37.3. The molecule has 0 spiro atoms. The van der Waals surface area contributed by atoms with Gasteiger partial charge in [0, 0.05) is 50.6 Å². The van der Waals surface area contributed by atoms with Crippen molar-refractivity contribution in [1.82, 2.24) is 29.4 Å². The Morgan fingerprint density at radius 3 is 2.70 bits per heavy atom. The fraction of sp³-hybridized carbons (Fsp3) is 0.370. The number of benzene rings is 1. The Labute approximate surface area is 215 Å². The second-order valence-corrected chi connectivity index (χ2v) is 9.62. The number of carbonyl (C=O) groups is 1. The number of hydrogen-bond acceptors (Lipinski definition) is 8. The lowest BCUT2D eigenvalue weighted by Gasteiger charge is -2.43. The van der Waals surface area contributed by atoms with E-state index < -0.39 is 0 Å². The molecule has 10 heteroatoms. The molecule has 0 aliphatic carbocycles. The molecular weight excluding hydrogens is 468 g/mol. The van der Waals surface area contributed by atoms with Crippen LogP contribution in [0.15, 0.2) is 55.2 Å². The second kappa shape index (κ2) is 9.68. The maximum absolute atomic E-state index is 13.2. The van der Waals surface area contributed by atoms with Crippen LogP contribution in [0.25, 0.3) is 11.2 Å². The molecule has 1 aromatic carbocycles. The largest absolute Gasteiger partial charge is 0.467 e. The van der Waals surface area contributed by atoms with Crippen LogP contribution in [0.1, 0.15) is 18.1 Å². The van der Waals surface area contributed by atoms with Crippen LogP contribution in [0.5, 0.6) is 6.01 Å². The topological polar surface area (TPSA) is 92.5 Å². The standard InChI is InChI=1S/C27H30N8O2/c1-19-15-33(11-12-35(19)25(36)17-34-18-31-23-6-4-9-28-26(23)34)24-7-3-5-20-8-10-32(16-22(20)24)21-13-29-27(37-2)30-14-21/h3-7,9,13-14,18-19H,8,10-12,15-17H2,1-2H3/t19-/m1/s1. The average Bonchev–Trinajstić information content (AvgIpc) is 3.35. The molecule has 6 rings (SSSR count). The van der Waals surface area contributed by atoms with E-state index in [0.29, 0.717) is 12.6 Å². The van der Waals surface area contributed by atoms with Crippen LogP contribution in [0, 0.1) is 0 Å². The molecule has 0 unspecified atom stereocenters. The van der Waals surface area contributed by atoms with Crippen molar-refractivity contribution in [1.29, 1.82) is 0 Å². The first kappa shape index (κ1) is 23.2. The van der Waals surface area contributed by atoms with Gasteiger partial charge >= 0.3 is 6.01 Å². The summed E-state index contributed by atoms with van der Waals surface area (Å²) < 4.78 is 6.95. The predicted molar refractivity (Wildman–Crippen MR) is 141 cm³/mol. The van der Waals surface area contributed by atoms with E-state index in [9.17, 15) is 4.79 Å². The molecule has 1 atom stereocenters. The molecule has 190 valence electrons. The highest BCUT2D eigenvalue weighted by Crippen LogP contribution is 2.32. The fourth-order valence-electron chi connectivity index (χ4n) is 5.45. The Morgan fingerprint density at radius 1 is 1.03 bits per heavy atom. The van der Waals surface area contributed by atoms with Gasteiger partial charge in [0.2, 0.25) is 5.91 Å². The Kier molecular flexibility index (Phi) is 6.07. The molecule has 0 radical (unpaired) electrons. The van der Waals surface area contributed by atoms with Gasteiger partial charge in [-0.15, -0.1) is 0 Å². The number of hydrogen-bond donors (Lipinski definition) is 0. The summed E-state index contributed by atoms with van der Waals surface area (Å²) in [5, 5.41) is 0. The van der Waals surface area contributed by atoms with Crippen LogP contribution in [0.3, 0.4) is 0 Å². The number of amides is 1. The molecule has 10 nitrogen and oxygen atoms in total. The zero-order valence-corrected chi connectivity index (χ0v) is 21.1. The van der Waals surface area contributed by atoms with Gasteiger partial charge < -0.3 is 24.0 Å². The van der Waals surface area contributed by atoms with Crippen molar-refractivity contribution >= 4 is 28.4 Å². The summed E-state index contributed by atoms with van der Waals surface area (Å²) >= 11 is 0. The highest BCUT2D eigenvalue weighted by molar-refractivity contribution is 5.79. The quantitative estimate of drug-likeness (QED) is 0.415. The van der Waals surface area contributed by atoms with Gasteiger partial charge in [-0.05, 0) is 42.7 Å². The molecule has 0 bridgehead atoms. The van der Waals surface area contributed by atoms with Crippen LogP contribution in [-0.2, 0) is 24.3 Å². The molecule has 0 N–H and O–H groups in total. The van der Waals surface area contributed by atoms with Gasteiger partial charge in [-0.1, -0.05) is 12.1 Å². The molecule has 3 aromatic heterocycles. The number of aromatic nitrogens is 5. The smallest absolute Gasteiger partial charge is 0.316 e. The predicted octanol–water partition coefficient (Wildman–Crippen LogP) is 2.53. The molecular formula is C27H30N8O2. The molecule has 5 heterocycles. The van der Waals surface area contributed by atoms with Gasteiger partial charge in [-0.25, -0.2) is 19.9 Å². The number of fused-ring (bicyclic) bond motifs is 2. The van der Waals surface area contributed by atoms with Gasteiger partial charge in [-0.3, -0.25) is 4.79 Å². The Morgan fingerprint density at radius 2 is 1.89 bits per heavy atom. The minimum absolute atomic E-state index is 0.0922. The summed E-state index contributed by atoms with van der Waals surface area (Å²) in [7, 11) is 1.57. The molecule has 1 fully saturated rings. The fourth-order valence-corrected chi connectivity index (χ4v) is 5.45. The SMILES string of the molecule is COc1ncc(N2CCc3cccc(N4CCN(C(=O)Cn5cnc6cccnc65)[C@H](C)C4)c3C2)cn1. The summed E-state index contributed by atoms with van der Waals surface area (Å²) in [6, 6.07) is 10.8. The second-order valence-electron chi connectivity index (χ2n) is 9.62. The monoisotopic (exact) mass is 498 g/mol. The van der Waals surface area contributed by atoms with Crippen molar-refractivity contribution in [3.8, 4) is 6.01 Å². The summed E-state index contributed by atoms with van der Waals surface area (Å²) in [5.74, 6) is 0.0953. The van der Waals surface area contributed by atoms with E-state index in [1.54, 1.807) is 19.6 Å². The Balaban J connectivity index is 1.16. The van der Waals surface area contributed by atoms with E-state index in [-0.39, 0.29) is 18.5 Å². The zero-order valence-electron chi connectivity index (χ0n) is 21.1. The molecule has 37 heavy (non-hydrogen) atoms. The number of ether oxygens (including phenoxy) is 1. The lowest BCUT2D eigenvalue weighted by atomic mass is 9.96. The van der Waals surface area contributed by atoms with Crippen LogP contribution in [0.4, 0.5) is 11.4 Å². The van der Waals surface area contributed by atoms with E-state index in [4.69, 9.17) is 4.74 Å². The molecule has 1 amide bonds. The number of methoxy groups -OCH3 is 1. The normalized spacial score (nSPS) is 17.7. The van der Waals surface area contributed by atoms with Crippen molar-refractivity contribution in [2.24, 2.45) is 0 Å². The van der Waals surface area contributed by atoms with E-state index in [1.807, 2.05) is 34.0 Å². The minimum atomic E-state index is 0.0922. The number of carbonyl (C=O) groups excluding carboxylic acids is 1. The third-order valence-electron chi connectivity index (χ3n) is 7.38. The van der Waals surface area contributed by atoms with E-state index in [1.165, 1.54) is 16.8 Å². The summed E-state index contributed by atoms with van der Waals surface area (Å²) in [6.07, 6.45) is 8.05. The Bertz CT molecular complexity index is 1420. The molecule has 4 aromatic rings. The molecule has 0 saturated carbocycles. The van der Waals surface area contributed by atoms with Crippen molar-refractivity contribution < 1.29 is 9.53 Å². The number of nitrogens with zero attached hydrogens (tertiary/aromatic N) is 8. The minimum Gasteiger partial charge on any atom is -0.467 e. The van der Waals surface area contributed by atoms with Gasteiger partial charge in [0.1, 0.15) is 12.1 Å². The van der Waals surface area contributed by atoms with Crippen LogP contribution < -0.4 is 14.5 Å². The van der Waals surface area contributed by atoms with Crippen LogP contribution >= 0.6 is 0 Å². The first-order valence-electron chi connectivity index (χ1n) is 12.6. The first-order valence-corrected chi connectivity index (χ1v) is 12.6. The lowest BCUT2D eigenvalue weighted by molar-refractivity contribution is -0.134. The zero-order chi connectivity index (χ0) is 25.4. The van der Waals surface area contributed by atoms with Gasteiger partial charge in [-0.2, -0.15) is 0 Å². The summed E-state index contributed by atoms with van der Waals surface area (Å²) in [6.45, 7) is 6.36. The highest BCUT2D eigenvalue weighted by Gasteiger charge is 2.30. The molecule has 2 aliphatic rings. The molecule has 1 saturated heterocycles. The number of imidazole rings is 1. The van der Waals surface area contributed by atoms with Crippen LogP contribution in [-0.4, -0.2) is 74.6 Å². The van der Waals surface area contributed by atoms with Crippen LogP contribution in [0.2, 0.25) is 0 Å². The molecule has 2 aliphatic heterocycles. The third-order valence-corrected chi connectivity index (χ3v) is 7.38. The van der Waals surface area contributed by atoms with Crippen molar-refractivity contribution in [3.63, 3.8) is 0 Å². The Hall–Kier alpha value is -4.21. The summed E-state index contributed by atoms with van der Waals surface area (Å²) in [5.41, 5.74) is 6.51. The number of rotatable bonds is 5. The van der Waals surface area contributed by atoms with Gasteiger partial charge in [0.25, 0.3) is 0 Å². The number of anilines is 2. The van der Waals surface area contributed by atoms with Crippen molar-refractivity contribution in [2.75, 3.05) is 43.1 Å². The van der Waals surface area contributed by atoms with E-state index in [2.05, 4.69) is 54.9 Å². The first-order chi connectivity index (χ1) is 18.1. The maximum atomic E-state index is 13.2. The van der Waals surface area contributed by atoms with E-state index in [0.717, 1.165) is 49.5 Å². The lowest BCUT2D eigenvalue weighted by Crippen LogP contribution is -2.55. The third kappa shape index (κ3) is 4.43.